The van der Waals surface area contributed by atoms with Gasteiger partial charge in [-0.15, -0.1) is 11.3 Å². The van der Waals surface area contributed by atoms with E-state index in [9.17, 15) is 9.59 Å². The van der Waals surface area contributed by atoms with Gasteiger partial charge in [0.15, 0.2) is 0 Å². The van der Waals surface area contributed by atoms with Crippen LogP contribution in [0.5, 0.6) is 0 Å². The molecule has 2 N–H and O–H groups in total. The van der Waals surface area contributed by atoms with Gasteiger partial charge in [-0.05, 0) is 33.1 Å². The van der Waals surface area contributed by atoms with Gasteiger partial charge in [-0.1, -0.05) is 0 Å². The summed E-state index contributed by atoms with van der Waals surface area (Å²) in [5.74, 6) is -0.00778. The predicted octanol–water partition coefficient (Wildman–Crippen LogP) is 1.73. The van der Waals surface area contributed by atoms with Crippen molar-refractivity contribution in [2.45, 2.75) is 51.7 Å². The minimum Gasteiger partial charge on any atom is -0.338 e. The number of piperidine rings is 1. The van der Waals surface area contributed by atoms with Crippen LogP contribution in [0.1, 0.15) is 38.1 Å². The monoisotopic (exact) mass is 310 g/mol. The number of likely N-dealkylation sites (tertiary alicyclic amines) is 1. The highest BCUT2D eigenvalue weighted by Gasteiger charge is 2.27. The second-order valence-corrected chi connectivity index (χ2v) is 6.33. The number of carbonyl (C=O) groups excluding carboxylic acids is 2. The molecule has 0 unspecified atom stereocenters. The van der Waals surface area contributed by atoms with E-state index in [2.05, 4.69) is 22.5 Å². The first-order chi connectivity index (χ1) is 10.1. The highest BCUT2D eigenvalue weighted by Crippen LogP contribution is 2.17. The summed E-state index contributed by atoms with van der Waals surface area (Å²) in [5.41, 5.74) is 0. The van der Waals surface area contributed by atoms with Crippen molar-refractivity contribution < 1.29 is 9.59 Å². The van der Waals surface area contributed by atoms with Crippen LogP contribution in [-0.2, 0) is 11.3 Å². The van der Waals surface area contributed by atoms with Crippen molar-refractivity contribution in [3.05, 3.63) is 16.6 Å². The number of thiazole rings is 1. The predicted molar refractivity (Wildman–Crippen MR) is 82.0 cm³/mol. The first-order valence-electron chi connectivity index (χ1n) is 7.31. The molecule has 1 fully saturated rings. The molecule has 2 heterocycles. The number of amides is 3. The third kappa shape index (κ3) is 4.42. The van der Waals surface area contributed by atoms with Crippen LogP contribution in [0.2, 0.25) is 0 Å². The van der Waals surface area contributed by atoms with Gasteiger partial charge in [0.05, 0.1) is 6.54 Å². The van der Waals surface area contributed by atoms with Crippen LogP contribution in [0, 0.1) is 0 Å². The fourth-order valence-electron chi connectivity index (χ4n) is 2.48. The lowest BCUT2D eigenvalue weighted by atomic mass is 10.0. The van der Waals surface area contributed by atoms with Gasteiger partial charge in [-0.3, -0.25) is 4.79 Å². The zero-order chi connectivity index (χ0) is 15.2. The van der Waals surface area contributed by atoms with E-state index >= 15 is 0 Å². The van der Waals surface area contributed by atoms with Gasteiger partial charge in [0.1, 0.15) is 11.0 Å². The average Bonchev–Trinajstić information content (AvgIpc) is 2.98. The van der Waals surface area contributed by atoms with Crippen molar-refractivity contribution in [3.8, 4) is 0 Å². The molecule has 1 aliphatic rings. The van der Waals surface area contributed by atoms with E-state index in [4.69, 9.17) is 0 Å². The molecule has 6 nitrogen and oxygen atoms in total. The maximum Gasteiger partial charge on any atom is 0.315 e. The molecule has 1 aromatic rings. The van der Waals surface area contributed by atoms with E-state index in [1.807, 2.05) is 10.3 Å². The SMILES string of the molecule is C[C@H](NC(=O)NCc1nccs1)C(=O)N1CCCC[C@@H]1C. The Morgan fingerprint density at radius 1 is 1.52 bits per heavy atom. The van der Waals surface area contributed by atoms with Gasteiger partial charge in [-0.25, -0.2) is 9.78 Å². The van der Waals surface area contributed by atoms with Crippen LogP contribution < -0.4 is 10.6 Å². The summed E-state index contributed by atoms with van der Waals surface area (Å²) in [6, 6.07) is -0.591. The van der Waals surface area contributed by atoms with Crippen LogP contribution in [-0.4, -0.2) is 40.5 Å². The van der Waals surface area contributed by atoms with Gasteiger partial charge in [0, 0.05) is 24.2 Å². The fraction of sp³-hybridized carbons (Fsp3) is 0.643. The number of carbonyl (C=O) groups is 2. The molecule has 3 amide bonds. The first kappa shape index (κ1) is 15.8. The van der Waals surface area contributed by atoms with Crippen molar-refractivity contribution in [3.63, 3.8) is 0 Å². The second-order valence-electron chi connectivity index (χ2n) is 5.35. The molecule has 0 spiro atoms. The number of hydrogen-bond acceptors (Lipinski definition) is 4. The molecule has 0 bridgehead atoms. The fourth-order valence-corrected chi connectivity index (χ4v) is 3.04. The third-order valence-corrected chi connectivity index (χ3v) is 4.47. The van der Waals surface area contributed by atoms with Crippen LogP contribution in [0.4, 0.5) is 4.79 Å². The number of urea groups is 1. The Bertz CT molecular complexity index is 477. The van der Waals surface area contributed by atoms with Crippen LogP contribution in [0.25, 0.3) is 0 Å². The average molecular weight is 310 g/mol. The topological polar surface area (TPSA) is 74.3 Å². The van der Waals surface area contributed by atoms with E-state index in [1.165, 1.54) is 17.8 Å². The second kappa shape index (κ2) is 7.40. The summed E-state index contributed by atoms with van der Waals surface area (Å²) >= 11 is 1.48. The maximum absolute atomic E-state index is 12.4. The lowest BCUT2D eigenvalue weighted by Crippen LogP contribution is -2.53. The van der Waals surface area contributed by atoms with Crippen LogP contribution in [0.3, 0.4) is 0 Å². The summed E-state index contributed by atoms with van der Waals surface area (Å²) in [5, 5.41) is 8.11. The smallest absolute Gasteiger partial charge is 0.315 e. The van der Waals surface area contributed by atoms with Crippen LogP contribution in [0.15, 0.2) is 11.6 Å². The zero-order valence-electron chi connectivity index (χ0n) is 12.5. The Morgan fingerprint density at radius 2 is 2.33 bits per heavy atom. The highest BCUT2D eigenvalue weighted by atomic mass is 32.1. The molecule has 0 radical (unpaired) electrons. The van der Waals surface area contributed by atoms with E-state index in [0.717, 1.165) is 24.4 Å². The summed E-state index contributed by atoms with van der Waals surface area (Å²) < 4.78 is 0. The summed E-state index contributed by atoms with van der Waals surface area (Å²) in [4.78, 5) is 30.1. The molecular weight excluding hydrogens is 288 g/mol. The molecule has 2 atom stereocenters. The molecule has 21 heavy (non-hydrogen) atoms. The van der Waals surface area contributed by atoms with Crippen molar-refractivity contribution in [2.75, 3.05) is 6.54 Å². The maximum atomic E-state index is 12.4. The van der Waals surface area contributed by atoms with E-state index in [0.29, 0.717) is 6.54 Å². The number of hydrogen-bond donors (Lipinski definition) is 2. The zero-order valence-corrected chi connectivity index (χ0v) is 13.3. The van der Waals surface area contributed by atoms with Gasteiger partial charge in [0.25, 0.3) is 0 Å². The largest absolute Gasteiger partial charge is 0.338 e. The van der Waals surface area contributed by atoms with E-state index in [1.54, 1.807) is 13.1 Å². The van der Waals surface area contributed by atoms with Crippen molar-refractivity contribution in [1.29, 1.82) is 0 Å². The first-order valence-corrected chi connectivity index (χ1v) is 8.19. The lowest BCUT2D eigenvalue weighted by molar-refractivity contribution is -0.136. The third-order valence-electron chi connectivity index (χ3n) is 3.69. The Morgan fingerprint density at radius 3 is 3.00 bits per heavy atom. The van der Waals surface area contributed by atoms with Crippen molar-refractivity contribution >= 4 is 23.3 Å². The Balaban J connectivity index is 1.78. The van der Waals surface area contributed by atoms with Gasteiger partial charge in [-0.2, -0.15) is 0 Å². The molecule has 116 valence electrons. The number of nitrogens with zero attached hydrogens (tertiary/aromatic N) is 2. The van der Waals surface area contributed by atoms with E-state index < -0.39 is 6.04 Å². The highest BCUT2D eigenvalue weighted by molar-refractivity contribution is 7.09. The number of aromatic nitrogens is 1. The molecule has 1 aromatic heterocycles. The molecule has 1 aliphatic heterocycles. The molecule has 2 rings (SSSR count). The minimum absolute atomic E-state index is 0.00778. The number of rotatable bonds is 4. The van der Waals surface area contributed by atoms with Crippen LogP contribution >= 0.6 is 11.3 Å². The molecule has 1 saturated heterocycles. The molecule has 0 aliphatic carbocycles. The standard InChI is InChI=1S/C14H22N4O2S/c1-10-5-3-4-7-18(10)13(19)11(2)17-14(20)16-9-12-15-6-8-21-12/h6,8,10-11H,3-5,7,9H2,1-2H3,(H2,16,17,20)/t10-,11-/m0/s1. The molecule has 0 saturated carbocycles. The van der Waals surface area contributed by atoms with Crippen molar-refractivity contribution in [1.82, 2.24) is 20.5 Å². The summed E-state index contributed by atoms with van der Waals surface area (Å²) in [7, 11) is 0. The van der Waals surface area contributed by atoms with E-state index in [-0.39, 0.29) is 18.0 Å². The number of nitrogens with one attached hydrogen (secondary N) is 2. The molecular formula is C14H22N4O2S. The Kier molecular flexibility index (Phi) is 5.55. The lowest BCUT2D eigenvalue weighted by Gasteiger charge is -2.35. The molecule has 7 heteroatoms. The van der Waals surface area contributed by atoms with Crippen molar-refractivity contribution in [2.24, 2.45) is 0 Å². The van der Waals surface area contributed by atoms with Gasteiger partial charge in [0.2, 0.25) is 5.91 Å². The Labute approximate surface area is 128 Å². The minimum atomic E-state index is -0.512. The molecule has 0 aromatic carbocycles. The quantitative estimate of drug-likeness (QED) is 0.889. The normalized spacial score (nSPS) is 19.9. The summed E-state index contributed by atoms with van der Waals surface area (Å²) in [6.45, 7) is 4.95. The Hall–Kier alpha value is -1.63. The van der Waals surface area contributed by atoms with Gasteiger partial charge < -0.3 is 15.5 Å². The summed E-state index contributed by atoms with van der Waals surface area (Å²) in [6.07, 6.45) is 4.94. The van der Waals surface area contributed by atoms with Gasteiger partial charge >= 0.3 is 6.03 Å².